The minimum Gasteiger partial charge on any atom is -0.508 e. The Kier molecular flexibility index (Phi) is 5.42. The topological polar surface area (TPSA) is 44.3 Å². The van der Waals surface area contributed by atoms with Crippen LogP contribution in [-0.2, 0) is 0 Å². The summed E-state index contributed by atoms with van der Waals surface area (Å²) < 4.78 is 0. The number of phenols is 1. The molecule has 1 heterocycles. The molecule has 28 heavy (non-hydrogen) atoms. The maximum Gasteiger partial charge on any atom is 0.120 e. The quantitative estimate of drug-likeness (QED) is 0.524. The largest absolute Gasteiger partial charge is 0.508 e. The first kappa shape index (κ1) is 18.7. The third kappa shape index (κ3) is 3.93. The Balaban J connectivity index is 1.73. The van der Waals surface area contributed by atoms with Crippen molar-refractivity contribution in [3.05, 3.63) is 101 Å². The zero-order valence-corrected chi connectivity index (χ0v) is 16.8. The number of para-hydroxylation sites is 1. The summed E-state index contributed by atoms with van der Waals surface area (Å²) in [5.41, 5.74) is 5.47. The maximum absolute atomic E-state index is 10.4. The lowest BCUT2D eigenvalue weighted by Gasteiger charge is -2.33. The van der Waals surface area contributed by atoms with E-state index in [1.165, 1.54) is 10.5 Å². The van der Waals surface area contributed by atoms with Gasteiger partial charge >= 0.3 is 0 Å². The van der Waals surface area contributed by atoms with Crippen LogP contribution in [0.25, 0.3) is 5.70 Å². The van der Waals surface area contributed by atoms with Crippen LogP contribution in [0.5, 0.6) is 5.75 Å². The summed E-state index contributed by atoms with van der Waals surface area (Å²) in [4.78, 5) is 1.24. The number of hydrogen-bond acceptors (Lipinski definition) is 4. The predicted octanol–water partition coefficient (Wildman–Crippen LogP) is 5.40. The first-order chi connectivity index (χ1) is 13.6. The van der Waals surface area contributed by atoms with Crippen molar-refractivity contribution < 1.29 is 5.11 Å². The van der Waals surface area contributed by atoms with Crippen LogP contribution in [0.2, 0.25) is 0 Å². The van der Waals surface area contributed by atoms with Crippen LogP contribution >= 0.6 is 11.8 Å². The Morgan fingerprint density at radius 1 is 0.893 bits per heavy atom. The van der Waals surface area contributed by atoms with Gasteiger partial charge < -0.3 is 10.4 Å². The van der Waals surface area contributed by atoms with E-state index in [1.807, 2.05) is 18.2 Å². The van der Waals surface area contributed by atoms with Gasteiger partial charge in [-0.25, -0.2) is 0 Å². The minimum atomic E-state index is -0.0935. The van der Waals surface area contributed by atoms with Gasteiger partial charge in [-0.15, -0.1) is 11.8 Å². The summed E-state index contributed by atoms with van der Waals surface area (Å²) in [7, 11) is 0. The number of rotatable bonds is 4. The molecule has 0 radical (unpaired) electrons. The van der Waals surface area contributed by atoms with E-state index in [4.69, 9.17) is 0 Å². The average molecular weight is 389 g/mol. The van der Waals surface area contributed by atoms with Crippen LogP contribution in [0.1, 0.15) is 34.5 Å². The smallest absolute Gasteiger partial charge is 0.120 e. The number of thioether (sulfide) groups is 1. The number of hydrogen-bond donors (Lipinski definition) is 3. The third-order valence-electron chi connectivity index (χ3n) is 5.06. The lowest BCUT2D eigenvalue weighted by molar-refractivity contribution is 0.419. The normalized spacial score (nSPS) is 19.0. The molecule has 1 aliphatic heterocycles. The standard InChI is InChI=1S/C24H24N2OS/c1-16-7-9-17(10-8-16)21-15-22(20-5-3-4-6-23(20)27)26-24(25-21)18-11-13-19(28-2)14-12-18/h3-15,22,24-27H,1-2H3. The molecule has 0 saturated heterocycles. The predicted molar refractivity (Wildman–Crippen MR) is 117 cm³/mol. The van der Waals surface area contributed by atoms with Crippen LogP contribution in [0.3, 0.4) is 0 Å². The molecule has 0 bridgehead atoms. The highest BCUT2D eigenvalue weighted by atomic mass is 32.2. The van der Waals surface area contributed by atoms with Crippen molar-refractivity contribution in [2.45, 2.75) is 24.0 Å². The average Bonchev–Trinajstić information content (AvgIpc) is 2.74. The zero-order valence-electron chi connectivity index (χ0n) is 16.0. The highest BCUT2D eigenvalue weighted by molar-refractivity contribution is 7.98. The van der Waals surface area contributed by atoms with Gasteiger partial charge in [-0.2, -0.15) is 0 Å². The van der Waals surface area contributed by atoms with E-state index < -0.39 is 0 Å². The summed E-state index contributed by atoms with van der Waals surface area (Å²) in [5.74, 6) is 0.304. The van der Waals surface area contributed by atoms with Crippen molar-refractivity contribution in [3.8, 4) is 5.75 Å². The Morgan fingerprint density at radius 2 is 1.61 bits per heavy atom. The van der Waals surface area contributed by atoms with Crippen LogP contribution < -0.4 is 10.6 Å². The van der Waals surface area contributed by atoms with Gasteiger partial charge in [0.15, 0.2) is 0 Å². The fourth-order valence-corrected chi connectivity index (χ4v) is 3.87. The van der Waals surface area contributed by atoms with Gasteiger partial charge in [0.2, 0.25) is 0 Å². The highest BCUT2D eigenvalue weighted by Crippen LogP contribution is 2.33. The Morgan fingerprint density at radius 3 is 2.29 bits per heavy atom. The van der Waals surface area contributed by atoms with Gasteiger partial charge in [0.05, 0.1) is 6.04 Å². The van der Waals surface area contributed by atoms with Crippen molar-refractivity contribution in [3.63, 3.8) is 0 Å². The van der Waals surface area contributed by atoms with Gasteiger partial charge in [-0.3, -0.25) is 5.32 Å². The molecule has 4 heteroatoms. The molecule has 3 aromatic rings. The van der Waals surface area contributed by atoms with E-state index in [1.54, 1.807) is 17.8 Å². The SMILES string of the molecule is CSc1ccc(C2NC(c3ccc(C)cc3)=CC(c3ccccc3O)N2)cc1. The first-order valence-corrected chi connectivity index (χ1v) is 10.6. The molecule has 142 valence electrons. The Bertz CT molecular complexity index is 980. The highest BCUT2D eigenvalue weighted by Gasteiger charge is 2.25. The van der Waals surface area contributed by atoms with Crippen LogP contribution in [0.4, 0.5) is 0 Å². The van der Waals surface area contributed by atoms with Crippen molar-refractivity contribution in [2.75, 3.05) is 6.26 Å². The van der Waals surface area contributed by atoms with Crippen LogP contribution in [0, 0.1) is 6.92 Å². The van der Waals surface area contributed by atoms with Crippen molar-refractivity contribution in [2.24, 2.45) is 0 Å². The second kappa shape index (κ2) is 8.13. The molecule has 0 aromatic heterocycles. The Hall–Kier alpha value is -2.69. The third-order valence-corrected chi connectivity index (χ3v) is 5.81. The molecule has 3 N–H and O–H groups in total. The van der Waals surface area contributed by atoms with E-state index in [2.05, 4.69) is 78.4 Å². The zero-order chi connectivity index (χ0) is 19.5. The van der Waals surface area contributed by atoms with Gasteiger partial charge in [0.1, 0.15) is 11.9 Å². The number of aromatic hydroxyl groups is 1. The monoisotopic (exact) mass is 388 g/mol. The van der Waals surface area contributed by atoms with Crippen molar-refractivity contribution in [1.82, 2.24) is 10.6 Å². The van der Waals surface area contributed by atoms with Crippen LogP contribution in [0.15, 0.2) is 83.8 Å². The minimum absolute atomic E-state index is 0.0539. The second-order valence-electron chi connectivity index (χ2n) is 7.00. The molecule has 0 fully saturated rings. The molecule has 2 atom stereocenters. The fourth-order valence-electron chi connectivity index (χ4n) is 3.46. The molecule has 1 aliphatic rings. The molecule has 4 rings (SSSR count). The van der Waals surface area contributed by atoms with Gasteiger partial charge in [0, 0.05) is 16.2 Å². The lowest BCUT2D eigenvalue weighted by Crippen LogP contribution is -2.39. The summed E-state index contributed by atoms with van der Waals surface area (Å²) >= 11 is 1.74. The van der Waals surface area contributed by atoms with E-state index in [9.17, 15) is 5.11 Å². The van der Waals surface area contributed by atoms with Gasteiger partial charge in [0.25, 0.3) is 0 Å². The number of nitrogens with one attached hydrogen (secondary N) is 2. The number of phenolic OH excluding ortho intramolecular Hbond substituents is 1. The van der Waals surface area contributed by atoms with Crippen molar-refractivity contribution >= 4 is 17.5 Å². The molecule has 3 nitrogen and oxygen atoms in total. The summed E-state index contributed by atoms with van der Waals surface area (Å²) in [6.45, 7) is 2.09. The molecule has 0 amide bonds. The second-order valence-corrected chi connectivity index (χ2v) is 7.88. The molecule has 0 saturated carbocycles. The first-order valence-electron chi connectivity index (χ1n) is 9.37. The molecule has 2 unspecified atom stereocenters. The molecule has 3 aromatic carbocycles. The maximum atomic E-state index is 10.4. The molecule has 0 spiro atoms. The summed E-state index contributed by atoms with van der Waals surface area (Å²) in [6, 6.07) is 24.5. The lowest BCUT2D eigenvalue weighted by atomic mass is 9.97. The summed E-state index contributed by atoms with van der Waals surface area (Å²) in [5, 5.41) is 17.6. The molecule has 0 aliphatic carbocycles. The van der Waals surface area contributed by atoms with Crippen LogP contribution in [-0.4, -0.2) is 11.4 Å². The number of benzene rings is 3. The summed E-state index contributed by atoms with van der Waals surface area (Å²) in [6.07, 6.45) is 4.17. The Labute approximate surface area is 170 Å². The molecular formula is C24H24N2OS. The molecular weight excluding hydrogens is 364 g/mol. The van der Waals surface area contributed by atoms with Crippen molar-refractivity contribution in [1.29, 1.82) is 0 Å². The fraction of sp³-hybridized carbons (Fsp3) is 0.167. The van der Waals surface area contributed by atoms with E-state index in [0.717, 1.165) is 22.4 Å². The number of aryl methyl sites for hydroxylation is 1. The van der Waals surface area contributed by atoms with E-state index in [-0.39, 0.29) is 12.2 Å². The van der Waals surface area contributed by atoms with Gasteiger partial charge in [-0.05, 0) is 48.6 Å². The van der Waals surface area contributed by atoms with E-state index >= 15 is 0 Å². The van der Waals surface area contributed by atoms with Gasteiger partial charge in [-0.1, -0.05) is 60.2 Å². The van der Waals surface area contributed by atoms with E-state index in [0.29, 0.717) is 5.75 Å².